The molecular formula is C15H20N2O2S. The van der Waals surface area contributed by atoms with E-state index in [1.807, 2.05) is 25.1 Å². The summed E-state index contributed by atoms with van der Waals surface area (Å²) >= 11 is 1.71. The zero-order valence-corrected chi connectivity index (χ0v) is 12.6. The van der Waals surface area contributed by atoms with Crippen molar-refractivity contribution in [1.29, 1.82) is 0 Å². The van der Waals surface area contributed by atoms with Crippen molar-refractivity contribution in [3.8, 4) is 0 Å². The molecule has 2 aromatic rings. The standard InChI is InChI=1S/C15H20N2O2S/c1-3-13(14-7-5-9-20-14)17-11(2)15(18)16-10-12-6-4-8-19-12/h4-9,11,13,17H,3,10H2,1-2H3,(H,16,18). The van der Waals surface area contributed by atoms with Crippen molar-refractivity contribution < 1.29 is 9.21 Å². The molecule has 2 aromatic heterocycles. The van der Waals surface area contributed by atoms with Crippen LogP contribution in [-0.2, 0) is 11.3 Å². The summed E-state index contributed by atoms with van der Waals surface area (Å²) in [5.74, 6) is 0.743. The normalized spacial score (nSPS) is 13.9. The number of rotatable bonds is 7. The van der Waals surface area contributed by atoms with Gasteiger partial charge in [-0.25, -0.2) is 0 Å². The second-order valence-corrected chi connectivity index (χ2v) is 5.64. The molecule has 0 aromatic carbocycles. The van der Waals surface area contributed by atoms with Crippen molar-refractivity contribution in [2.75, 3.05) is 0 Å². The molecule has 0 spiro atoms. The van der Waals surface area contributed by atoms with Crippen LogP contribution in [0.1, 0.15) is 36.9 Å². The van der Waals surface area contributed by atoms with Gasteiger partial charge in [0, 0.05) is 10.9 Å². The van der Waals surface area contributed by atoms with Gasteiger partial charge in [0.2, 0.25) is 5.91 Å². The summed E-state index contributed by atoms with van der Waals surface area (Å²) in [7, 11) is 0. The minimum Gasteiger partial charge on any atom is -0.467 e. The SMILES string of the molecule is CCC(NC(C)C(=O)NCc1ccco1)c1cccs1. The zero-order chi connectivity index (χ0) is 14.4. The lowest BCUT2D eigenvalue weighted by molar-refractivity contribution is -0.123. The average molecular weight is 292 g/mol. The first-order chi connectivity index (χ1) is 9.70. The third-order valence-corrected chi connectivity index (χ3v) is 4.14. The molecular weight excluding hydrogens is 272 g/mol. The second-order valence-electron chi connectivity index (χ2n) is 4.66. The third-order valence-electron chi connectivity index (χ3n) is 3.16. The first kappa shape index (κ1) is 14.8. The smallest absolute Gasteiger partial charge is 0.237 e. The van der Waals surface area contributed by atoms with E-state index in [1.165, 1.54) is 4.88 Å². The molecule has 0 bridgehead atoms. The molecule has 2 atom stereocenters. The number of hydrogen-bond acceptors (Lipinski definition) is 4. The monoisotopic (exact) mass is 292 g/mol. The van der Waals surface area contributed by atoms with E-state index in [2.05, 4.69) is 29.0 Å². The van der Waals surface area contributed by atoms with Crippen LogP contribution in [-0.4, -0.2) is 11.9 Å². The summed E-state index contributed by atoms with van der Waals surface area (Å²) in [5, 5.41) is 8.29. The highest BCUT2D eigenvalue weighted by atomic mass is 32.1. The number of hydrogen-bond donors (Lipinski definition) is 2. The lowest BCUT2D eigenvalue weighted by Crippen LogP contribution is -2.43. The molecule has 0 fully saturated rings. The second kappa shape index (κ2) is 7.26. The quantitative estimate of drug-likeness (QED) is 0.824. The maximum absolute atomic E-state index is 12.0. The lowest BCUT2D eigenvalue weighted by Gasteiger charge is -2.20. The molecule has 108 valence electrons. The zero-order valence-electron chi connectivity index (χ0n) is 11.8. The number of amides is 1. The summed E-state index contributed by atoms with van der Waals surface area (Å²) in [6, 6.07) is 7.77. The van der Waals surface area contributed by atoms with Gasteiger partial charge in [-0.2, -0.15) is 0 Å². The van der Waals surface area contributed by atoms with Crippen LogP contribution in [0.3, 0.4) is 0 Å². The number of thiophene rings is 1. The van der Waals surface area contributed by atoms with Crippen LogP contribution in [0.15, 0.2) is 40.3 Å². The molecule has 0 aliphatic carbocycles. The Morgan fingerprint density at radius 3 is 2.85 bits per heavy atom. The predicted octanol–water partition coefficient (Wildman–Crippen LogP) is 3.09. The van der Waals surface area contributed by atoms with Crippen molar-refractivity contribution in [3.05, 3.63) is 46.5 Å². The van der Waals surface area contributed by atoms with E-state index in [0.717, 1.165) is 12.2 Å². The summed E-state index contributed by atoms with van der Waals surface area (Å²) < 4.78 is 5.19. The Morgan fingerprint density at radius 1 is 1.40 bits per heavy atom. The molecule has 0 aliphatic heterocycles. The Labute approximate surface area is 123 Å². The van der Waals surface area contributed by atoms with Gasteiger partial charge in [0.1, 0.15) is 5.76 Å². The number of furan rings is 1. The Kier molecular flexibility index (Phi) is 5.38. The molecule has 20 heavy (non-hydrogen) atoms. The van der Waals surface area contributed by atoms with Crippen molar-refractivity contribution >= 4 is 17.2 Å². The van der Waals surface area contributed by atoms with Gasteiger partial charge in [0.05, 0.1) is 18.8 Å². The lowest BCUT2D eigenvalue weighted by atomic mass is 10.1. The van der Waals surface area contributed by atoms with Crippen LogP contribution >= 0.6 is 11.3 Å². The van der Waals surface area contributed by atoms with E-state index >= 15 is 0 Å². The molecule has 2 rings (SSSR count). The largest absolute Gasteiger partial charge is 0.467 e. The van der Waals surface area contributed by atoms with Gasteiger partial charge in [-0.15, -0.1) is 11.3 Å². The van der Waals surface area contributed by atoms with E-state index in [1.54, 1.807) is 17.6 Å². The number of nitrogens with one attached hydrogen (secondary N) is 2. The highest BCUT2D eigenvalue weighted by Crippen LogP contribution is 2.22. The van der Waals surface area contributed by atoms with Gasteiger partial charge in [-0.3, -0.25) is 10.1 Å². The fourth-order valence-corrected chi connectivity index (χ4v) is 2.88. The minimum atomic E-state index is -0.239. The highest BCUT2D eigenvalue weighted by molar-refractivity contribution is 7.10. The molecule has 2 unspecified atom stereocenters. The first-order valence-electron chi connectivity index (χ1n) is 6.80. The average Bonchev–Trinajstić information content (AvgIpc) is 3.14. The number of carbonyl (C=O) groups is 1. The van der Waals surface area contributed by atoms with E-state index in [-0.39, 0.29) is 18.0 Å². The topological polar surface area (TPSA) is 54.3 Å². The van der Waals surface area contributed by atoms with Gasteiger partial charge in [0.25, 0.3) is 0 Å². The summed E-state index contributed by atoms with van der Waals surface area (Å²) in [5.41, 5.74) is 0. The van der Waals surface area contributed by atoms with E-state index in [4.69, 9.17) is 4.42 Å². The predicted molar refractivity (Wildman–Crippen MR) is 80.5 cm³/mol. The molecule has 2 N–H and O–H groups in total. The number of carbonyl (C=O) groups excluding carboxylic acids is 1. The van der Waals surface area contributed by atoms with E-state index < -0.39 is 0 Å². The van der Waals surface area contributed by atoms with Crippen LogP contribution in [0.2, 0.25) is 0 Å². The summed E-state index contributed by atoms with van der Waals surface area (Å²) in [6.07, 6.45) is 2.56. The minimum absolute atomic E-state index is 0.0172. The maximum Gasteiger partial charge on any atom is 0.237 e. The Hall–Kier alpha value is -1.59. The van der Waals surface area contributed by atoms with Crippen molar-refractivity contribution in [2.24, 2.45) is 0 Å². The fraction of sp³-hybridized carbons (Fsp3) is 0.400. The van der Waals surface area contributed by atoms with Crippen molar-refractivity contribution in [2.45, 2.75) is 38.9 Å². The van der Waals surface area contributed by atoms with Crippen LogP contribution < -0.4 is 10.6 Å². The molecule has 0 radical (unpaired) electrons. The van der Waals surface area contributed by atoms with Gasteiger partial charge in [-0.1, -0.05) is 13.0 Å². The van der Waals surface area contributed by atoms with Crippen LogP contribution in [0.5, 0.6) is 0 Å². The summed E-state index contributed by atoms with van der Waals surface area (Å²) in [6.45, 7) is 4.42. The van der Waals surface area contributed by atoms with Crippen LogP contribution in [0, 0.1) is 0 Å². The van der Waals surface area contributed by atoms with Gasteiger partial charge < -0.3 is 9.73 Å². The molecule has 0 saturated carbocycles. The summed E-state index contributed by atoms with van der Waals surface area (Å²) in [4.78, 5) is 13.3. The van der Waals surface area contributed by atoms with E-state index in [0.29, 0.717) is 6.54 Å². The molecule has 2 heterocycles. The highest BCUT2D eigenvalue weighted by Gasteiger charge is 2.18. The Bertz CT molecular complexity index is 508. The van der Waals surface area contributed by atoms with Crippen molar-refractivity contribution in [1.82, 2.24) is 10.6 Å². The van der Waals surface area contributed by atoms with E-state index in [9.17, 15) is 4.79 Å². The van der Waals surface area contributed by atoms with Gasteiger partial charge >= 0.3 is 0 Å². The molecule has 0 aliphatic rings. The van der Waals surface area contributed by atoms with Crippen molar-refractivity contribution in [3.63, 3.8) is 0 Å². The Balaban J connectivity index is 1.83. The van der Waals surface area contributed by atoms with Gasteiger partial charge in [-0.05, 0) is 36.9 Å². The molecule has 4 nitrogen and oxygen atoms in total. The first-order valence-corrected chi connectivity index (χ1v) is 7.68. The molecule has 5 heteroatoms. The van der Waals surface area contributed by atoms with Gasteiger partial charge in [0.15, 0.2) is 0 Å². The molecule has 0 saturated heterocycles. The van der Waals surface area contributed by atoms with Crippen LogP contribution in [0.25, 0.3) is 0 Å². The molecule has 1 amide bonds. The maximum atomic E-state index is 12.0. The Morgan fingerprint density at radius 2 is 2.25 bits per heavy atom. The third kappa shape index (κ3) is 3.95. The fourth-order valence-electron chi connectivity index (χ4n) is 2.01. The van der Waals surface area contributed by atoms with Crippen LogP contribution in [0.4, 0.5) is 0 Å².